The van der Waals surface area contributed by atoms with Gasteiger partial charge in [-0.2, -0.15) is 0 Å². The topological polar surface area (TPSA) is 131 Å². The van der Waals surface area contributed by atoms with E-state index in [1.54, 1.807) is 0 Å². The highest BCUT2D eigenvalue weighted by molar-refractivity contribution is 6.71. The second kappa shape index (κ2) is 23.2. The third-order valence-electron chi connectivity index (χ3n) is 5.56. The van der Waals surface area contributed by atoms with Gasteiger partial charge in [-0.3, -0.25) is 19.7 Å². The number of unbranched alkanes of at least 4 members (excludes halogenated alkanes) is 6. The SMILES string of the molecule is CC(=O)NC(=O)CNC(=O)CCCCCCCC/C=C\[Si]1(C)OCCOCCOCCOCCOCCO1. The minimum Gasteiger partial charge on any atom is -0.389 e. The zero-order valence-corrected chi connectivity index (χ0v) is 24.3. The summed E-state index contributed by atoms with van der Waals surface area (Å²) in [5.41, 5.74) is 2.10. The predicted molar refractivity (Wildman–Crippen MR) is 145 cm³/mol. The summed E-state index contributed by atoms with van der Waals surface area (Å²) in [6, 6.07) is 0. The minimum atomic E-state index is -2.48. The fourth-order valence-corrected chi connectivity index (χ4v) is 5.41. The molecule has 0 unspecified atom stereocenters. The number of amides is 3. The summed E-state index contributed by atoms with van der Waals surface area (Å²) in [6.07, 6.45) is 9.64. The van der Waals surface area contributed by atoms with Crippen LogP contribution in [0.2, 0.25) is 6.55 Å². The van der Waals surface area contributed by atoms with Gasteiger partial charge >= 0.3 is 8.56 Å². The number of rotatable bonds is 12. The molecule has 220 valence electrons. The largest absolute Gasteiger partial charge is 0.389 e. The molecule has 0 radical (unpaired) electrons. The van der Waals surface area contributed by atoms with Crippen molar-refractivity contribution in [3.63, 3.8) is 0 Å². The molecule has 0 aliphatic carbocycles. The van der Waals surface area contributed by atoms with E-state index in [-0.39, 0.29) is 12.5 Å². The lowest BCUT2D eigenvalue weighted by Crippen LogP contribution is -2.39. The van der Waals surface area contributed by atoms with E-state index in [0.717, 1.165) is 44.9 Å². The molecular formula is C26H48N2O9Si. The van der Waals surface area contributed by atoms with Gasteiger partial charge in [-0.15, -0.1) is 0 Å². The van der Waals surface area contributed by atoms with Crippen molar-refractivity contribution in [3.05, 3.63) is 11.8 Å². The molecule has 38 heavy (non-hydrogen) atoms. The maximum absolute atomic E-state index is 11.7. The van der Waals surface area contributed by atoms with Crippen molar-refractivity contribution in [1.29, 1.82) is 0 Å². The van der Waals surface area contributed by atoms with Gasteiger partial charge in [-0.05, 0) is 31.5 Å². The standard InChI is InChI=1S/C26H48N2O9Si/c1-24(29)28-26(31)23-27-25(30)11-9-7-5-3-4-6-8-10-22-38(2)36-20-18-34-16-14-32-12-13-33-15-17-35-19-21-37-38/h10,22H,3-9,11-21,23H2,1-2H3,(H,27,30)(H,28,29,31)/b22-10-. The number of carbonyl (C=O) groups excluding carboxylic acids is 3. The highest BCUT2D eigenvalue weighted by atomic mass is 28.4. The van der Waals surface area contributed by atoms with Crippen molar-refractivity contribution >= 4 is 26.3 Å². The lowest BCUT2D eigenvalue weighted by atomic mass is 10.1. The first-order valence-corrected chi connectivity index (χ1v) is 16.1. The van der Waals surface area contributed by atoms with Crippen LogP contribution >= 0.6 is 0 Å². The molecular weight excluding hydrogens is 512 g/mol. The maximum atomic E-state index is 11.7. The van der Waals surface area contributed by atoms with Crippen LogP contribution in [0.15, 0.2) is 11.8 Å². The molecule has 12 heteroatoms. The number of hydrogen-bond acceptors (Lipinski definition) is 9. The Balaban J connectivity index is 2.17. The van der Waals surface area contributed by atoms with Crippen molar-refractivity contribution in [2.24, 2.45) is 0 Å². The third-order valence-corrected chi connectivity index (χ3v) is 7.95. The van der Waals surface area contributed by atoms with Gasteiger partial charge < -0.3 is 33.1 Å². The molecule has 11 nitrogen and oxygen atoms in total. The first-order valence-electron chi connectivity index (χ1n) is 13.7. The lowest BCUT2D eigenvalue weighted by molar-refractivity contribution is -0.131. The third kappa shape index (κ3) is 21.3. The molecule has 1 saturated heterocycles. The van der Waals surface area contributed by atoms with E-state index in [4.69, 9.17) is 27.8 Å². The average molecular weight is 561 g/mol. The molecule has 1 heterocycles. The van der Waals surface area contributed by atoms with Crippen LogP contribution in [0.1, 0.15) is 58.3 Å². The molecule has 3 amide bonds. The van der Waals surface area contributed by atoms with Gasteiger partial charge in [0.05, 0.1) is 72.6 Å². The molecule has 1 aliphatic heterocycles. The normalized spacial score (nSPS) is 18.5. The van der Waals surface area contributed by atoms with Crippen LogP contribution in [-0.4, -0.2) is 98.9 Å². The molecule has 0 aromatic carbocycles. The molecule has 0 aromatic rings. The monoisotopic (exact) mass is 560 g/mol. The van der Waals surface area contributed by atoms with Crippen molar-refractivity contribution in [2.45, 2.75) is 64.8 Å². The first kappa shape index (κ1) is 34.4. The zero-order valence-electron chi connectivity index (χ0n) is 23.3. The Kier molecular flexibility index (Phi) is 21.0. The van der Waals surface area contributed by atoms with Gasteiger partial charge in [0.2, 0.25) is 17.7 Å². The van der Waals surface area contributed by atoms with Crippen LogP contribution < -0.4 is 10.6 Å². The van der Waals surface area contributed by atoms with Gasteiger partial charge in [0.1, 0.15) is 0 Å². The lowest BCUT2D eigenvalue weighted by Gasteiger charge is -2.24. The molecule has 1 fully saturated rings. The van der Waals surface area contributed by atoms with E-state index < -0.39 is 20.4 Å². The minimum absolute atomic E-state index is 0.170. The van der Waals surface area contributed by atoms with Gasteiger partial charge in [0.15, 0.2) is 0 Å². The molecule has 0 bridgehead atoms. The Morgan fingerprint density at radius 2 is 1.16 bits per heavy atom. The van der Waals surface area contributed by atoms with Crippen LogP contribution in [0.4, 0.5) is 0 Å². The van der Waals surface area contributed by atoms with Gasteiger partial charge in [-0.25, -0.2) is 0 Å². The van der Waals surface area contributed by atoms with Gasteiger partial charge in [0.25, 0.3) is 0 Å². The van der Waals surface area contributed by atoms with Crippen molar-refractivity contribution in [3.8, 4) is 0 Å². The fraction of sp³-hybridized carbons (Fsp3) is 0.808. The van der Waals surface area contributed by atoms with Crippen LogP contribution in [0.3, 0.4) is 0 Å². The van der Waals surface area contributed by atoms with Gasteiger partial charge in [-0.1, -0.05) is 31.8 Å². The Labute approximate surface area is 228 Å². The quantitative estimate of drug-likeness (QED) is 0.272. The molecule has 1 aliphatic rings. The van der Waals surface area contributed by atoms with E-state index in [2.05, 4.69) is 22.4 Å². The first-order chi connectivity index (χ1) is 18.4. The number of imide groups is 1. The van der Waals surface area contributed by atoms with E-state index in [0.29, 0.717) is 72.5 Å². The second-order valence-electron chi connectivity index (χ2n) is 9.11. The van der Waals surface area contributed by atoms with Gasteiger partial charge in [0, 0.05) is 13.3 Å². The van der Waals surface area contributed by atoms with E-state index in [1.165, 1.54) is 6.92 Å². The van der Waals surface area contributed by atoms with Crippen LogP contribution in [0.5, 0.6) is 0 Å². The Morgan fingerprint density at radius 3 is 1.68 bits per heavy atom. The molecule has 1 rings (SSSR count). The molecule has 0 spiro atoms. The summed E-state index contributed by atoms with van der Waals surface area (Å²) in [7, 11) is -2.48. The fourth-order valence-electron chi connectivity index (χ4n) is 3.57. The summed E-state index contributed by atoms with van der Waals surface area (Å²) in [5, 5.41) is 4.64. The number of nitrogens with one attached hydrogen (secondary N) is 2. The number of hydrogen-bond donors (Lipinski definition) is 2. The van der Waals surface area contributed by atoms with E-state index in [1.807, 2.05) is 6.55 Å². The van der Waals surface area contributed by atoms with Crippen LogP contribution in [-0.2, 0) is 42.2 Å². The Hall–Kier alpha value is -1.67. The number of allylic oxidation sites excluding steroid dienone is 1. The summed E-state index contributed by atoms with van der Waals surface area (Å²) < 4.78 is 34.3. The highest BCUT2D eigenvalue weighted by Gasteiger charge is 2.28. The van der Waals surface area contributed by atoms with Crippen molar-refractivity contribution in [1.82, 2.24) is 10.6 Å². The average Bonchev–Trinajstić information content (AvgIpc) is 2.88. The predicted octanol–water partition coefficient (Wildman–Crippen LogP) is 2.17. The summed E-state index contributed by atoms with van der Waals surface area (Å²) in [6.45, 7) is 8.26. The zero-order chi connectivity index (χ0) is 27.7. The number of carbonyl (C=O) groups is 3. The molecule has 0 saturated carbocycles. The maximum Gasteiger partial charge on any atom is 0.361 e. The van der Waals surface area contributed by atoms with E-state index in [9.17, 15) is 14.4 Å². The van der Waals surface area contributed by atoms with Crippen molar-refractivity contribution in [2.75, 3.05) is 72.6 Å². The Bertz CT molecular complexity index is 661. The summed E-state index contributed by atoms with van der Waals surface area (Å²) >= 11 is 0. The molecule has 0 atom stereocenters. The van der Waals surface area contributed by atoms with E-state index >= 15 is 0 Å². The van der Waals surface area contributed by atoms with Crippen molar-refractivity contribution < 1.29 is 42.2 Å². The summed E-state index contributed by atoms with van der Waals surface area (Å²) in [5.74, 6) is -1.10. The Morgan fingerprint density at radius 1 is 0.684 bits per heavy atom. The molecule has 2 N–H and O–H groups in total. The second-order valence-corrected chi connectivity index (χ2v) is 12.0. The molecule has 0 aromatic heterocycles. The van der Waals surface area contributed by atoms with Crippen LogP contribution in [0, 0.1) is 0 Å². The smallest absolute Gasteiger partial charge is 0.361 e. The summed E-state index contributed by atoms with van der Waals surface area (Å²) in [4.78, 5) is 33.9. The number of ether oxygens (including phenoxy) is 4. The highest BCUT2D eigenvalue weighted by Crippen LogP contribution is 2.13. The van der Waals surface area contributed by atoms with Crippen LogP contribution in [0.25, 0.3) is 0 Å².